The Morgan fingerprint density at radius 2 is 0.467 bits per heavy atom. The molecule has 0 saturated carbocycles. The second kappa shape index (κ2) is 22.6. The third-order valence-corrected chi connectivity index (χ3v) is 22.7. The normalized spacial score (nSPS) is 11.7. The van der Waals surface area contributed by atoms with E-state index in [2.05, 4.69) is 347 Å². The number of nitrogens with zero attached hydrogens (tertiary/aromatic N) is 4. The Hall–Kier alpha value is -10.8. The zero-order valence-electron chi connectivity index (χ0n) is 49.6. The van der Waals surface area contributed by atoms with Gasteiger partial charge in [-0.15, -0.1) is 45.3 Å². The minimum atomic E-state index is 1.08. The number of hydrogen-bond acceptors (Lipinski definition) is 8. The molecule has 92 heavy (non-hydrogen) atoms. The molecule has 18 aromatic rings. The van der Waals surface area contributed by atoms with Gasteiger partial charge in [-0.3, -0.25) is 0 Å². The van der Waals surface area contributed by atoms with E-state index < -0.39 is 0 Å². The van der Waals surface area contributed by atoms with Gasteiger partial charge in [-0.05, 0) is 145 Å². The van der Waals surface area contributed by atoms with Crippen LogP contribution in [0, 0.1) is 0 Å². The average molecular weight is 1250 g/mol. The zero-order chi connectivity index (χ0) is 60.6. The van der Waals surface area contributed by atoms with Crippen molar-refractivity contribution in [2.45, 2.75) is 0 Å². The summed E-state index contributed by atoms with van der Waals surface area (Å²) in [6.45, 7) is 0. The molecule has 434 valence electrons. The Morgan fingerprint density at radius 1 is 0.174 bits per heavy atom. The maximum atomic E-state index is 2.45. The lowest BCUT2D eigenvalue weighted by Crippen LogP contribution is -2.13. The van der Waals surface area contributed by atoms with Crippen LogP contribution in [0.4, 0.5) is 68.2 Å². The van der Waals surface area contributed by atoms with Crippen LogP contribution in [0.15, 0.2) is 328 Å². The number of anilines is 12. The highest BCUT2D eigenvalue weighted by atomic mass is 32.1. The molecule has 0 bridgehead atoms. The van der Waals surface area contributed by atoms with Crippen LogP contribution in [0.5, 0.6) is 0 Å². The largest absolute Gasteiger partial charge is 0.309 e. The minimum Gasteiger partial charge on any atom is -0.309 e. The first-order valence-corrected chi connectivity index (χ1v) is 34.2. The quantitative estimate of drug-likeness (QED) is 0.114. The highest BCUT2D eigenvalue weighted by Gasteiger charge is 2.25. The van der Waals surface area contributed by atoms with Crippen molar-refractivity contribution in [2.75, 3.05) is 19.6 Å². The molecule has 0 aliphatic rings. The van der Waals surface area contributed by atoms with Gasteiger partial charge in [0, 0.05) is 107 Å². The third-order valence-electron chi connectivity index (χ3n) is 17.8. The topological polar surface area (TPSA) is 13.0 Å². The molecule has 0 spiro atoms. The maximum Gasteiger partial charge on any atom is 0.0640 e. The fourth-order valence-electron chi connectivity index (χ4n) is 13.7. The molecule has 4 aromatic heterocycles. The molecule has 0 aliphatic heterocycles. The Bertz CT molecular complexity index is 5800. The van der Waals surface area contributed by atoms with Crippen LogP contribution in [0.2, 0.25) is 0 Å². The monoisotopic (exact) mass is 1250 g/mol. The molecule has 4 nitrogen and oxygen atoms in total. The second-order valence-electron chi connectivity index (χ2n) is 23.1. The van der Waals surface area contributed by atoms with Crippen LogP contribution >= 0.6 is 45.3 Å². The van der Waals surface area contributed by atoms with Crippen molar-refractivity contribution >= 4 is 194 Å². The van der Waals surface area contributed by atoms with Crippen LogP contribution in [-0.2, 0) is 0 Å². The van der Waals surface area contributed by atoms with E-state index in [4.69, 9.17) is 0 Å². The van der Waals surface area contributed by atoms with Gasteiger partial charge < -0.3 is 19.6 Å². The van der Waals surface area contributed by atoms with Crippen molar-refractivity contribution in [1.82, 2.24) is 0 Å². The van der Waals surface area contributed by atoms with Crippen molar-refractivity contribution in [3.8, 4) is 11.1 Å². The van der Waals surface area contributed by atoms with Gasteiger partial charge in [-0.25, -0.2) is 0 Å². The summed E-state index contributed by atoms with van der Waals surface area (Å²) < 4.78 is 10.1. The molecule has 14 aromatic carbocycles. The van der Waals surface area contributed by atoms with E-state index in [1.807, 2.05) is 45.3 Å². The van der Waals surface area contributed by atoms with Gasteiger partial charge in [-0.2, -0.15) is 0 Å². The van der Waals surface area contributed by atoms with E-state index in [0.29, 0.717) is 0 Å². The molecule has 0 saturated heterocycles. The Balaban J connectivity index is 0.730. The minimum absolute atomic E-state index is 1.08. The van der Waals surface area contributed by atoms with Gasteiger partial charge in [0.15, 0.2) is 0 Å². The molecule has 0 aliphatic carbocycles. The Labute approximate surface area is 548 Å². The van der Waals surface area contributed by atoms with Gasteiger partial charge in [0.1, 0.15) is 0 Å². The lowest BCUT2D eigenvalue weighted by Gasteiger charge is -2.30. The first-order chi connectivity index (χ1) is 45.6. The summed E-state index contributed by atoms with van der Waals surface area (Å²) in [7, 11) is 0. The van der Waals surface area contributed by atoms with Gasteiger partial charge in [0.25, 0.3) is 0 Å². The van der Waals surface area contributed by atoms with Crippen molar-refractivity contribution in [2.24, 2.45) is 0 Å². The van der Waals surface area contributed by atoms with Gasteiger partial charge in [-0.1, -0.05) is 194 Å². The highest BCUT2D eigenvalue weighted by Crippen LogP contribution is 2.52. The van der Waals surface area contributed by atoms with Crippen molar-refractivity contribution < 1.29 is 0 Å². The standard InChI is InChI=1S/C84H54N4S4/c1-5-23-56(24-6-1)85(73-41-19-37-68-65-33-13-15-45-77(65)89-81(68)73)60-48-50-61(51-49-60)86(57-25-7-2-8-26-57)74-42-21-39-70-67-52-47-55(53-79(67)91-83(70)74)64-35-18-36-71-72-40-22-44-76(84(72)92-80(64)71)88(59-29-11-4-12-30-59)63-32-17-31-62(54-63)87(58-27-9-3-10-28-58)75-43-20-38-69-66-34-14-16-46-78(66)90-82(69)75/h1-54H. The number of hydrogen-bond donors (Lipinski definition) is 0. The van der Waals surface area contributed by atoms with Crippen LogP contribution in [0.1, 0.15) is 0 Å². The van der Waals surface area contributed by atoms with Gasteiger partial charge >= 0.3 is 0 Å². The Kier molecular flexibility index (Phi) is 13.3. The summed E-state index contributed by atoms with van der Waals surface area (Å²) in [4.78, 5) is 9.72. The molecule has 4 heterocycles. The fraction of sp³-hybridized carbons (Fsp3) is 0. The van der Waals surface area contributed by atoms with Crippen molar-refractivity contribution in [3.05, 3.63) is 328 Å². The molecule has 8 heteroatoms. The van der Waals surface area contributed by atoms with E-state index in [0.717, 1.165) is 62.6 Å². The summed E-state index contributed by atoms with van der Waals surface area (Å²) in [5, 5.41) is 10.1. The lowest BCUT2D eigenvalue weighted by molar-refractivity contribution is 1.26. The summed E-state index contributed by atoms with van der Waals surface area (Å²) >= 11 is 7.49. The number of para-hydroxylation sites is 4. The van der Waals surface area contributed by atoms with Crippen molar-refractivity contribution in [1.29, 1.82) is 0 Å². The van der Waals surface area contributed by atoms with Crippen molar-refractivity contribution in [3.63, 3.8) is 0 Å². The molecular weight excluding hydrogens is 1190 g/mol. The number of thiophene rings is 4. The molecule has 0 fully saturated rings. The zero-order valence-corrected chi connectivity index (χ0v) is 52.9. The predicted octanol–water partition coefficient (Wildman–Crippen LogP) is 26.7. The fourth-order valence-corrected chi connectivity index (χ4v) is 18.7. The average Bonchev–Trinajstić information content (AvgIpc) is 1.69. The van der Waals surface area contributed by atoms with E-state index in [1.165, 1.54) is 97.5 Å². The highest BCUT2D eigenvalue weighted by molar-refractivity contribution is 7.28. The summed E-state index contributed by atoms with van der Waals surface area (Å²) in [5.74, 6) is 0. The lowest BCUT2D eigenvalue weighted by atomic mass is 10.0. The summed E-state index contributed by atoms with van der Waals surface area (Å²) in [5.41, 5.74) is 15.8. The second-order valence-corrected chi connectivity index (χ2v) is 27.3. The first kappa shape index (κ1) is 54.1. The summed E-state index contributed by atoms with van der Waals surface area (Å²) in [6.07, 6.45) is 0. The third kappa shape index (κ3) is 9.13. The molecule has 0 atom stereocenters. The van der Waals surface area contributed by atoms with Crippen LogP contribution in [0.25, 0.3) is 91.8 Å². The molecule has 0 N–H and O–H groups in total. The molecule has 0 amide bonds. The SMILES string of the molecule is c1ccc(N(c2ccc(N(c3ccccc3)c3cccc4c3sc3cc(-c5cccc6c5sc5c(N(c7ccccc7)c7cccc(N(c8ccccc8)c8cccc9c8sc8ccccc89)c7)cccc56)ccc34)cc2)c2cccc3c2sc2ccccc23)cc1. The number of fused-ring (bicyclic) bond motifs is 12. The van der Waals surface area contributed by atoms with Crippen LogP contribution < -0.4 is 19.6 Å². The number of rotatable bonds is 13. The molecule has 18 rings (SSSR count). The van der Waals surface area contributed by atoms with E-state index in [-0.39, 0.29) is 0 Å². The smallest absolute Gasteiger partial charge is 0.0640 e. The Morgan fingerprint density at radius 3 is 0.902 bits per heavy atom. The van der Waals surface area contributed by atoms with E-state index in [1.54, 1.807) is 0 Å². The van der Waals surface area contributed by atoms with Crippen LogP contribution in [-0.4, -0.2) is 0 Å². The van der Waals surface area contributed by atoms with Gasteiger partial charge in [0.2, 0.25) is 0 Å². The summed E-state index contributed by atoms with van der Waals surface area (Å²) in [6, 6.07) is 120. The molecule has 0 unspecified atom stereocenters. The van der Waals surface area contributed by atoms with Gasteiger partial charge in [0.05, 0.1) is 41.5 Å². The molecule has 0 radical (unpaired) electrons. The predicted molar refractivity (Wildman–Crippen MR) is 402 cm³/mol. The first-order valence-electron chi connectivity index (χ1n) is 31.0. The number of benzene rings is 14. The van der Waals surface area contributed by atoms with E-state index >= 15 is 0 Å². The van der Waals surface area contributed by atoms with E-state index in [9.17, 15) is 0 Å². The maximum absolute atomic E-state index is 2.45. The molecular formula is C84H54N4S4. The van der Waals surface area contributed by atoms with Crippen LogP contribution in [0.3, 0.4) is 0 Å².